The quantitative estimate of drug-likeness (QED) is 0.273. The van der Waals surface area contributed by atoms with Crippen molar-refractivity contribution in [1.29, 1.82) is 0 Å². The number of nitrogens with two attached hydrogens (primary N) is 1. The minimum absolute atomic E-state index is 0.0347. The molecule has 0 radical (unpaired) electrons. The lowest BCUT2D eigenvalue weighted by molar-refractivity contribution is -0.141. The number of amides is 2. The number of halogens is 3. The predicted molar refractivity (Wildman–Crippen MR) is 159 cm³/mol. The third-order valence-electron chi connectivity index (χ3n) is 7.65. The molecule has 6 heterocycles. The number of alkyl halides is 3. The second-order valence-corrected chi connectivity index (χ2v) is 10.6. The van der Waals surface area contributed by atoms with Crippen LogP contribution in [-0.4, -0.2) is 97.8 Å². The highest BCUT2D eigenvalue weighted by Crippen LogP contribution is 2.34. The van der Waals surface area contributed by atoms with E-state index in [1.54, 1.807) is 24.4 Å². The number of aromatic nitrogens is 5. The van der Waals surface area contributed by atoms with Gasteiger partial charge in [-0.3, -0.25) is 14.3 Å². The van der Waals surface area contributed by atoms with Gasteiger partial charge in [0, 0.05) is 57.1 Å². The molecule has 230 valence electrons. The van der Waals surface area contributed by atoms with Crippen LogP contribution in [0.25, 0.3) is 28.2 Å². The average Bonchev–Trinajstić information content (AvgIpc) is 3.66. The Kier molecular flexibility index (Phi) is 8.90. The number of hydrogen-bond acceptors (Lipinski definition) is 8. The van der Waals surface area contributed by atoms with Gasteiger partial charge in [-0.25, -0.2) is 19.7 Å². The van der Waals surface area contributed by atoms with Crippen molar-refractivity contribution in [3.05, 3.63) is 72.8 Å². The number of likely N-dealkylation sites (N-methyl/N-ethyl adjacent to an activating group) is 1. The van der Waals surface area contributed by atoms with Crippen molar-refractivity contribution < 1.29 is 22.8 Å². The largest absolute Gasteiger partial charge is 0.433 e. The standard InChI is InChI=1S/C27H28F3N9O.C3H4O/c1-36-11-13-37(14-12-36)26(40)38-10-8-17(16-38)20-5-4-18(15-33-20)39-24(19-3-2-9-32-23(19)31)34-21-6-7-22(27(28,29)30)35-25(21)39;1-2-3-4/h2-7,9,15,17H,8,10-14,16H2,1H3,(H2,31,32);2-3H,1H2. The lowest BCUT2D eigenvalue weighted by atomic mass is 10.0. The van der Waals surface area contributed by atoms with Crippen LogP contribution >= 0.6 is 0 Å². The number of nitrogen functional groups attached to an aromatic ring is 1. The Morgan fingerprint density at radius 1 is 1.02 bits per heavy atom. The van der Waals surface area contributed by atoms with Gasteiger partial charge in [-0.05, 0) is 55.9 Å². The number of fused-ring (bicyclic) bond motifs is 1. The number of rotatable bonds is 4. The normalized spacial score (nSPS) is 17.3. The summed E-state index contributed by atoms with van der Waals surface area (Å²) in [6, 6.07) is 9.28. The fourth-order valence-electron chi connectivity index (χ4n) is 5.29. The maximum atomic E-state index is 13.5. The number of urea groups is 1. The number of anilines is 1. The van der Waals surface area contributed by atoms with Crippen LogP contribution in [0.4, 0.5) is 23.8 Å². The molecule has 0 aromatic carbocycles. The van der Waals surface area contributed by atoms with Crippen LogP contribution in [0.5, 0.6) is 0 Å². The molecule has 2 saturated heterocycles. The minimum atomic E-state index is -4.62. The predicted octanol–water partition coefficient (Wildman–Crippen LogP) is 4.01. The summed E-state index contributed by atoms with van der Waals surface area (Å²) in [7, 11) is 2.05. The first-order chi connectivity index (χ1) is 21.1. The van der Waals surface area contributed by atoms with Gasteiger partial charge in [0.1, 0.15) is 23.3 Å². The van der Waals surface area contributed by atoms with Crippen LogP contribution in [-0.2, 0) is 11.0 Å². The zero-order chi connectivity index (χ0) is 31.4. The highest BCUT2D eigenvalue weighted by Gasteiger charge is 2.34. The van der Waals surface area contributed by atoms with Crippen LogP contribution in [0.15, 0.2) is 61.4 Å². The van der Waals surface area contributed by atoms with Gasteiger partial charge in [0.25, 0.3) is 0 Å². The number of carbonyl (C=O) groups excluding carboxylic acids is 2. The van der Waals surface area contributed by atoms with E-state index < -0.39 is 11.9 Å². The smallest absolute Gasteiger partial charge is 0.383 e. The van der Waals surface area contributed by atoms with Crippen LogP contribution in [0, 0.1) is 0 Å². The van der Waals surface area contributed by atoms with Gasteiger partial charge in [0.05, 0.1) is 17.4 Å². The molecule has 0 spiro atoms. The van der Waals surface area contributed by atoms with Crippen LogP contribution in [0.1, 0.15) is 23.7 Å². The highest BCUT2D eigenvalue weighted by atomic mass is 19.4. The molecule has 1 atom stereocenters. The molecule has 0 saturated carbocycles. The Labute approximate surface area is 251 Å². The number of likely N-dealkylation sites (tertiary alicyclic amines) is 1. The van der Waals surface area contributed by atoms with Crippen molar-refractivity contribution in [2.24, 2.45) is 0 Å². The lowest BCUT2D eigenvalue weighted by Crippen LogP contribution is -2.51. The fourth-order valence-corrected chi connectivity index (χ4v) is 5.29. The SMILES string of the molecule is C=CC=O.CN1CCN(C(=O)N2CCC(c3ccc(-n4c(-c5cccnc5N)nc5ccc(C(F)(F)F)nc54)cn3)C2)CC1. The highest BCUT2D eigenvalue weighted by molar-refractivity contribution is 5.83. The van der Waals surface area contributed by atoms with Crippen molar-refractivity contribution in [1.82, 2.24) is 39.2 Å². The summed E-state index contributed by atoms with van der Waals surface area (Å²) < 4.78 is 42.1. The van der Waals surface area contributed by atoms with Gasteiger partial charge < -0.3 is 20.4 Å². The summed E-state index contributed by atoms with van der Waals surface area (Å²) in [4.78, 5) is 45.3. The number of nitrogens with zero attached hydrogens (tertiary/aromatic N) is 8. The van der Waals surface area contributed by atoms with E-state index in [9.17, 15) is 18.0 Å². The molecule has 2 fully saturated rings. The Morgan fingerprint density at radius 3 is 2.41 bits per heavy atom. The van der Waals surface area contributed by atoms with Gasteiger partial charge in [0.2, 0.25) is 0 Å². The van der Waals surface area contributed by atoms with Gasteiger partial charge >= 0.3 is 12.2 Å². The number of allylic oxidation sites excluding steroid dienone is 1. The third kappa shape index (κ3) is 6.39. The summed E-state index contributed by atoms with van der Waals surface area (Å²) in [5, 5.41) is 0. The van der Waals surface area contributed by atoms with Crippen molar-refractivity contribution in [3.8, 4) is 17.1 Å². The lowest BCUT2D eigenvalue weighted by Gasteiger charge is -2.35. The Balaban J connectivity index is 0.000000906. The molecular formula is C30H32F3N9O2. The number of piperazine rings is 1. The van der Waals surface area contributed by atoms with E-state index in [0.29, 0.717) is 36.5 Å². The molecule has 0 aliphatic carbocycles. The van der Waals surface area contributed by atoms with Gasteiger partial charge in [-0.2, -0.15) is 13.2 Å². The van der Waals surface area contributed by atoms with E-state index in [-0.39, 0.29) is 28.9 Å². The number of hydrogen-bond donors (Lipinski definition) is 1. The zero-order valence-corrected chi connectivity index (χ0v) is 24.1. The molecule has 11 nitrogen and oxygen atoms in total. The molecule has 2 aliphatic heterocycles. The van der Waals surface area contributed by atoms with E-state index in [4.69, 9.17) is 10.5 Å². The molecule has 2 aliphatic rings. The first kappa shape index (κ1) is 30.6. The molecule has 4 aromatic rings. The Morgan fingerprint density at radius 2 is 1.77 bits per heavy atom. The Hall–Kier alpha value is -4.85. The van der Waals surface area contributed by atoms with Gasteiger partial charge in [-0.1, -0.05) is 6.58 Å². The van der Waals surface area contributed by atoms with Crippen molar-refractivity contribution >= 4 is 29.3 Å². The van der Waals surface area contributed by atoms with E-state index in [0.717, 1.165) is 44.4 Å². The number of carbonyl (C=O) groups is 2. The van der Waals surface area contributed by atoms with Crippen molar-refractivity contribution in [2.75, 3.05) is 52.0 Å². The van der Waals surface area contributed by atoms with E-state index in [1.165, 1.54) is 22.9 Å². The molecule has 0 bridgehead atoms. The van der Waals surface area contributed by atoms with Crippen molar-refractivity contribution in [2.45, 2.75) is 18.5 Å². The van der Waals surface area contributed by atoms with Gasteiger partial charge in [0.15, 0.2) is 11.5 Å². The zero-order valence-electron chi connectivity index (χ0n) is 24.1. The maximum absolute atomic E-state index is 13.5. The second-order valence-electron chi connectivity index (χ2n) is 10.6. The summed E-state index contributed by atoms with van der Waals surface area (Å²) in [6.45, 7) is 7.49. The molecule has 14 heteroatoms. The monoisotopic (exact) mass is 607 g/mol. The summed E-state index contributed by atoms with van der Waals surface area (Å²) in [5.74, 6) is 0.566. The minimum Gasteiger partial charge on any atom is -0.383 e. The maximum Gasteiger partial charge on any atom is 0.433 e. The summed E-state index contributed by atoms with van der Waals surface area (Å²) >= 11 is 0. The molecule has 2 amide bonds. The molecule has 44 heavy (non-hydrogen) atoms. The van der Waals surface area contributed by atoms with Gasteiger partial charge in [-0.15, -0.1) is 0 Å². The van der Waals surface area contributed by atoms with E-state index in [2.05, 4.69) is 38.5 Å². The summed E-state index contributed by atoms with van der Waals surface area (Å²) in [6.07, 6.45) is 1.13. The molecule has 6 rings (SSSR count). The van der Waals surface area contributed by atoms with Crippen LogP contribution in [0.2, 0.25) is 0 Å². The van der Waals surface area contributed by atoms with E-state index in [1.807, 2.05) is 15.9 Å². The fraction of sp³-hybridized carbons (Fsp3) is 0.333. The van der Waals surface area contributed by atoms with E-state index >= 15 is 0 Å². The van der Waals surface area contributed by atoms with Crippen LogP contribution < -0.4 is 5.73 Å². The first-order valence-corrected chi connectivity index (χ1v) is 14.0. The number of imidazole rings is 1. The number of pyridine rings is 3. The average molecular weight is 608 g/mol. The third-order valence-corrected chi connectivity index (χ3v) is 7.65. The van der Waals surface area contributed by atoms with Crippen molar-refractivity contribution in [3.63, 3.8) is 0 Å². The topological polar surface area (TPSA) is 126 Å². The summed E-state index contributed by atoms with van der Waals surface area (Å²) in [5.41, 5.74) is 7.17. The molecule has 2 N–H and O–H groups in total. The molecule has 4 aromatic heterocycles. The molecular weight excluding hydrogens is 575 g/mol. The molecule has 1 unspecified atom stereocenters. The van der Waals surface area contributed by atoms with Crippen LogP contribution in [0.3, 0.4) is 0 Å². The second kappa shape index (κ2) is 12.8. The number of aldehydes is 1. The first-order valence-electron chi connectivity index (χ1n) is 14.0. The Bertz CT molecular complexity index is 1640.